The van der Waals surface area contributed by atoms with Gasteiger partial charge < -0.3 is 14.3 Å². The van der Waals surface area contributed by atoms with Crippen molar-refractivity contribution in [3.05, 3.63) is 90.2 Å². The van der Waals surface area contributed by atoms with Gasteiger partial charge in [-0.3, -0.25) is 4.79 Å². The summed E-state index contributed by atoms with van der Waals surface area (Å²) in [6.45, 7) is 1.94. The number of hydrogen-bond acceptors (Lipinski definition) is 3. The lowest BCUT2D eigenvalue weighted by Crippen LogP contribution is -2.26. The molecule has 6 heteroatoms. The molecular weight excluding hydrogens is 417 g/mol. The molecule has 2 heterocycles. The number of halogens is 1. The van der Waals surface area contributed by atoms with Crippen LogP contribution in [0.1, 0.15) is 60.8 Å². The van der Waals surface area contributed by atoms with Gasteiger partial charge in [0.15, 0.2) is 11.5 Å². The van der Waals surface area contributed by atoms with Gasteiger partial charge in [0.1, 0.15) is 11.5 Å². The van der Waals surface area contributed by atoms with Gasteiger partial charge in [0.2, 0.25) is 0 Å². The third-order valence-corrected chi connectivity index (χ3v) is 6.34. The van der Waals surface area contributed by atoms with Crippen LogP contribution < -0.4 is 5.32 Å². The van der Waals surface area contributed by atoms with Crippen molar-refractivity contribution in [1.29, 1.82) is 0 Å². The minimum atomic E-state index is -0.292. The lowest BCUT2D eigenvalue weighted by atomic mass is 10.1. The SMILES string of the molecule is C[C@@H](NC(=O)c1ccc(-c2c(-c3ccc(F)cc3)ncn2C2CCCC2)o1)c1ccccc1. The van der Waals surface area contributed by atoms with E-state index in [9.17, 15) is 9.18 Å². The zero-order valence-corrected chi connectivity index (χ0v) is 18.5. The number of amides is 1. The number of nitrogens with one attached hydrogen (secondary N) is 1. The first-order valence-electron chi connectivity index (χ1n) is 11.4. The van der Waals surface area contributed by atoms with Crippen LogP contribution in [-0.2, 0) is 0 Å². The first-order valence-corrected chi connectivity index (χ1v) is 11.4. The van der Waals surface area contributed by atoms with Gasteiger partial charge in [-0.15, -0.1) is 0 Å². The second-order valence-corrected chi connectivity index (χ2v) is 8.56. The number of nitrogens with zero attached hydrogens (tertiary/aromatic N) is 2. The minimum absolute atomic E-state index is 0.147. The average molecular weight is 444 g/mol. The van der Waals surface area contributed by atoms with Crippen molar-refractivity contribution in [1.82, 2.24) is 14.9 Å². The number of carbonyl (C=O) groups excluding carboxylic acids is 1. The molecule has 4 aromatic rings. The van der Waals surface area contributed by atoms with Crippen molar-refractivity contribution in [2.75, 3.05) is 0 Å². The molecule has 2 aromatic heterocycles. The molecule has 1 saturated carbocycles. The Balaban J connectivity index is 1.47. The van der Waals surface area contributed by atoms with Crippen LogP contribution in [0, 0.1) is 5.82 Å². The van der Waals surface area contributed by atoms with Crippen molar-refractivity contribution in [2.24, 2.45) is 0 Å². The molecule has 1 aliphatic carbocycles. The van der Waals surface area contributed by atoms with Gasteiger partial charge in [0.25, 0.3) is 5.91 Å². The van der Waals surface area contributed by atoms with Crippen LogP contribution in [0.25, 0.3) is 22.7 Å². The molecular formula is C27H26FN3O2. The number of carbonyl (C=O) groups is 1. The van der Waals surface area contributed by atoms with Gasteiger partial charge in [-0.05, 0) is 61.7 Å². The molecule has 0 aliphatic heterocycles. The monoisotopic (exact) mass is 443 g/mol. The van der Waals surface area contributed by atoms with Crippen molar-refractivity contribution < 1.29 is 13.6 Å². The summed E-state index contributed by atoms with van der Waals surface area (Å²) in [5, 5.41) is 3.00. The van der Waals surface area contributed by atoms with Gasteiger partial charge in [-0.25, -0.2) is 9.37 Å². The molecule has 0 radical (unpaired) electrons. The van der Waals surface area contributed by atoms with Crippen LogP contribution in [0.3, 0.4) is 0 Å². The van der Waals surface area contributed by atoms with Crippen LogP contribution in [0.4, 0.5) is 4.39 Å². The Hall–Kier alpha value is -3.67. The molecule has 0 bridgehead atoms. The Bertz CT molecular complexity index is 1240. The first kappa shape index (κ1) is 21.2. The fraction of sp³-hybridized carbons (Fsp3) is 0.259. The highest BCUT2D eigenvalue weighted by atomic mass is 19.1. The molecule has 1 fully saturated rings. The Morgan fingerprint density at radius 1 is 1.06 bits per heavy atom. The third-order valence-electron chi connectivity index (χ3n) is 6.34. The highest BCUT2D eigenvalue weighted by Gasteiger charge is 2.26. The molecule has 168 valence electrons. The molecule has 1 aliphatic rings. The fourth-order valence-corrected chi connectivity index (χ4v) is 4.56. The van der Waals surface area contributed by atoms with Gasteiger partial charge in [-0.1, -0.05) is 43.2 Å². The summed E-state index contributed by atoms with van der Waals surface area (Å²) in [6, 6.07) is 19.8. The zero-order chi connectivity index (χ0) is 22.8. The lowest BCUT2D eigenvalue weighted by Gasteiger charge is -2.15. The molecule has 1 atom stereocenters. The predicted octanol–water partition coefficient (Wildman–Crippen LogP) is 6.56. The van der Waals surface area contributed by atoms with E-state index in [4.69, 9.17) is 4.42 Å². The van der Waals surface area contributed by atoms with E-state index in [1.54, 1.807) is 18.2 Å². The van der Waals surface area contributed by atoms with Crippen LogP contribution in [0.5, 0.6) is 0 Å². The summed E-state index contributed by atoms with van der Waals surface area (Å²) >= 11 is 0. The Morgan fingerprint density at radius 3 is 2.52 bits per heavy atom. The highest BCUT2D eigenvalue weighted by molar-refractivity contribution is 5.92. The lowest BCUT2D eigenvalue weighted by molar-refractivity contribution is 0.0912. The third kappa shape index (κ3) is 4.33. The van der Waals surface area contributed by atoms with Crippen LogP contribution in [-0.4, -0.2) is 15.5 Å². The van der Waals surface area contributed by atoms with Gasteiger partial charge in [0, 0.05) is 11.6 Å². The van der Waals surface area contributed by atoms with E-state index in [1.165, 1.54) is 25.0 Å². The van der Waals surface area contributed by atoms with Crippen LogP contribution in [0.2, 0.25) is 0 Å². The van der Waals surface area contributed by atoms with Crippen molar-refractivity contribution in [3.63, 3.8) is 0 Å². The first-order chi connectivity index (χ1) is 16.1. The Morgan fingerprint density at radius 2 is 1.79 bits per heavy atom. The number of furan rings is 1. The van der Waals surface area contributed by atoms with E-state index in [2.05, 4.69) is 14.9 Å². The molecule has 5 nitrogen and oxygen atoms in total. The quantitative estimate of drug-likeness (QED) is 0.367. The van der Waals surface area contributed by atoms with E-state index < -0.39 is 0 Å². The fourth-order valence-electron chi connectivity index (χ4n) is 4.56. The number of benzene rings is 2. The largest absolute Gasteiger partial charge is 0.449 e. The highest BCUT2D eigenvalue weighted by Crippen LogP contribution is 2.39. The molecule has 2 aromatic carbocycles. The van der Waals surface area contributed by atoms with E-state index >= 15 is 0 Å². The number of aromatic nitrogens is 2. The molecule has 33 heavy (non-hydrogen) atoms. The summed E-state index contributed by atoms with van der Waals surface area (Å²) in [7, 11) is 0. The van der Waals surface area contributed by atoms with E-state index in [-0.39, 0.29) is 23.5 Å². The number of rotatable bonds is 6. The Kier molecular flexibility index (Phi) is 5.82. The maximum atomic E-state index is 13.5. The summed E-state index contributed by atoms with van der Waals surface area (Å²) < 4.78 is 21.7. The Labute approximate surface area is 192 Å². The summed E-state index contributed by atoms with van der Waals surface area (Å²) in [4.78, 5) is 17.5. The van der Waals surface area contributed by atoms with E-state index in [0.717, 1.165) is 35.4 Å². The smallest absolute Gasteiger partial charge is 0.287 e. The molecule has 1 amide bonds. The van der Waals surface area contributed by atoms with Crippen molar-refractivity contribution >= 4 is 5.91 Å². The number of imidazole rings is 1. The van der Waals surface area contributed by atoms with Gasteiger partial charge in [-0.2, -0.15) is 0 Å². The molecule has 0 saturated heterocycles. The summed E-state index contributed by atoms with van der Waals surface area (Å²) in [5.74, 6) is 0.265. The van der Waals surface area contributed by atoms with E-state index in [1.807, 2.05) is 49.6 Å². The minimum Gasteiger partial charge on any atom is -0.449 e. The maximum Gasteiger partial charge on any atom is 0.287 e. The molecule has 0 unspecified atom stereocenters. The maximum absolute atomic E-state index is 13.5. The number of hydrogen-bond donors (Lipinski definition) is 1. The molecule has 0 spiro atoms. The standard InChI is InChI=1S/C27H26FN3O2/c1-18(19-7-3-2-4-8-19)30-27(32)24-16-15-23(33-24)26-25(20-11-13-21(28)14-12-20)29-17-31(26)22-9-5-6-10-22/h2-4,7-8,11-18,22H,5-6,9-10H2,1H3,(H,30,32)/t18-/m1/s1. The second-order valence-electron chi connectivity index (χ2n) is 8.56. The molecule has 5 rings (SSSR count). The van der Waals surface area contributed by atoms with Crippen LogP contribution >= 0.6 is 0 Å². The predicted molar refractivity (Wildman–Crippen MR) is 125 cm³/mol. The van der Waals surface area contributed by atoms with E-state index in [0.29, 0.717) is 11.8 Å². The molecule has 1 N–H and O–H groups in total. The van der Waals surface area contributed by atoms with Gasteiger partial charge >= 0.3 is 0 Å². The van der Waals surface area contributed by atoms with Crippen LogP contribution in [0.15, 0.2) is 77.5 Å². The topological polar surface area (TPSA) is 60.1 Å². The van der Waals surface area contributed by atoms with Crippen molar-refractivity contribution in [3.8, 4) is 22.7 Å². The zero-order valence-electron chi connectivity index (χ0n) is 18.5. The summed E-state index contributed by atoms with van der Waals surface area (Å²) in [6.07, 6.45) is 6.35. The van der Waals surface area contributed by atoms with Crippen molar-refractivity contribution in [2.45, 2.75) is 44.7 Å². The van der Waals surface area contributed by atoms with Gasteiger partial charge in [0.05, 0.1) is 18.1 Å². The normalized spacial score (nSPS) is 15.0. The average Bonchev–Trinajstić information content (AvgIpc) is 3.60. The summed E-state index contributed by atoms with van der Waals surface area (Å²) in [5.41, 5.74) is 3.38. The second kappa shape index (κ2) is 9.06.